The smallest absolute Gasteiger partial charge is 0.285 e. The molecule has 0 fully saturated rings. The zero-order valence-electron chi connectivity index (χ0n) is 12.0. The number of aryl methyl sites for hydroxylation is 1. The summed E-state index contributed by atoms with van der Waals surface area (Å²) in [6.45, 7) is 2.83. The van der Waals surface area contributed by atoms with Crippen LogP contribution in [0.2, 0.25) is 0 Å². The highest BCUT2D eigenvalue weighted by Gasteiger charge is 2.36. The molecule has 1 aromatic heterocycles. The largest absolute Gasteiger partial charge is 1.00 e. The highest BCUT2D eigenvalue weighted by Crippen LogP contribution is 2.22. The Morgan fingerprint density at radius 2 is 1.55 bits per heavy atom. The molecule has 0 saturated carbocycles. The fraction of sp³-hybridized carbons (Fsp3) is 0.188. The van der Waals surface area contributed by atoms with Crippen molar-refractivity contribution in [2.45, 2.75) is 13.5 Å². The molecule has 0 saturated heterocycles. The predicted octanol–water partition coefficient (Wildman–Crippen LogP) is -1.49. The van der Waals surface area contributed by atoms with Gasteiger partial charge in [-0.1, -0.05) is 12.1 Å². The van der Waals surface area contributed by atoms with Gasteiger partial charge in [0.15, 0.2) is 18.9 Å². The van der Waals surface area contributed by atoms with E-state index in [0.717, 1.165) is 5.06 Å². The zero-order valence-corrected chi connectivity index (χ0v) is 13.6. The average molecular weight is 363 g/mol. The van der Waals surface area contributed by atoms with Gasteiger partial charge in [-0.2, -0.15) is 0 Å². The fourth-order valence-corrected chi connectivity index (χ4v) is 2.20. The molecule has 1 aliphatic heterocycles. The van der Waals surface area contributed by atoms with Crippen LogP contribution in [-0.2, 0) is 11.4 Å². The van der Waals surface area contributed by atoms with E-state index in [4.69, 9.17) is 4.84 Å². The molecular weight excluding hydrogens is 348 g/mol. The molecule has 2 heterocycles. The minimum atomic E-state index is -0.399. The Hall–Kier alpha value is -2.05. The van der Waals surface area contributed by atoms with Crippen LogP contribution in [0.15, 0.2) is 48.8 Å². The van der Waals surface area contributed by atoms with Crippen LogP contribution < -0.4 is 21.5 Å². The number of pyridine rings is 1. The van der Waals surface area contributed by atoms with E-state index in [-0.39, 0.29) is 23.6 Å². The summed E-state index contributed by atoms with van der Waals surface area (Å²) in [7, 11) is 0. The van der Waals surface area contributed by atoms with Crippen LogP contribution in [0.25, 0.3) is 0 Å². The zero-order chi connectivity index (χ0) is 14.8. The van der Waals surface area contributed by atoms with Crippen LogP contribution in [0, 0.1) is 6.92 Å². The van der Waals surface area contributed by atoms with Gasteiger partial charge >= 0.3 is 0 Å². The molecule has 3 rings (SSSR count). The van der Waals surface area contributed by atoms with Crippen LogP contribution in [0.3, 0.4) is 0 Å². The molecule has 0 atom stereocenters. The third-order valence-electron chi connectivity index (χ3n) is 3.38. The van der Waals surface area contributed by atoms with E-state index in [0.29, 0.717) is 17.7 Å². The number of aromatic nitrogens is 1. The summed E-state index contributed by atoms with van der Waals surface area (Å²) in [4.78, 5) is 29.5. The summed E-state index contributed by atoms with van der Waals surface area (Å²) in [6.07, 6.45) is 3.86. The topological polar surface area (TPSA) is 50.5 Å². The minimum Gasteiger partial charge on any atom is -1.00 e. The van der Waals surface area contributed by atoms with Gasteiger partial charge in [0.05, 0.1) is 11.1 Å². The van der Waals surface area contributed by atoms with E-state index in [9.17, 15) is 9.59 Å². The number of benzene rings is 1. The number of carbonyl (C=O) groups excluding carboxylic acids is 2. The molecule has 1 aliphatic rings. The van der Waals surface area contributed by atoms with Crippen molar-refractivity contribution in [2.75, 3.05) is 6.61 Å². The molecule has 5 nitrogen and oxygen atoms in total. The second-order valence-electron chi connectivity index (χ2n) is 4.90. The third kappa shape index (κ3) is 3.08. The van der Waals surface area contributed by atoms with Crippen LogP contribution in [-0.4, -0.2) is 23.5 Å². The Labute approximate surface area is 138 Å². The van der Waals surface area contributed by atoms with Crippen molar-refractivity contribution >= 4 is 11.8 Å². The first kappa shape index (κ1) is 16.3. The van der Waals surface area contributed by atoms with Gasteiger partial charge in [-0.05, 0) is 24.6 Å². The van der Waals surface area contributed by atoms with Crippen LogP contribution in [0.4, 0.5) is 0 Å². The number of imide groups is 1. The van der Waals surface area contributed by atoms with E-state index in [1.807, 2.05) is 36.0 Å². The Bertz CT molecular complexity index is 666. The summed E-state index contributed by atoms with van der Waals surface area (Å²) in [5, 5.41) is 0.847. The number of halogens is 1. The number of hydroxylamine groups is 2. The Kier molecular flexibility index (Phi) is 5.05. The minimum absolute atomic E-state index is 0. The van der Waals surface area contributed by atoms with Gasteiger partial charge in [-0.15, -0.1) is 5.06 Å². The van der Waals surface area contributed by atoms with Crippen LogP contribution in [0.1, 0.15) is 26.3 Å². The molecule has 2 aromatic rings. The van der Waals surface area contributed by atoms with Crippen molar-refractivity contribution in [3.05, 3.63) is 65.5 Å². The lowest BCUT2D eigenvalue weighted by atomic mass is 10.1. The quantitative estimate of drug-likeness (QED) is 0.492. The van der Waals surface area contributed by atoms with Crippen LogP contribution in [0.5, 0.6) is 0 Å². The number of nitrogens with zero attached hydrogens (tertiary/aromatic N) is 2. The predicted molar refractivity (Wildman–Crippen MR) is 74.3 cm³/mol. The first-order valence-electron chi connectivity index (χ1n) is 6.73. The average Bonchev–Trinajstić information content (AvgIpc) is 2.75. The molecule has 0 bridgehead atoms. The van der Waals surface area contributed by atoms with Crippen molar-refractivity contribution in [3.63, 3.8) is 0 Å². The molecule has 0 unspecified atom stereocenters. The number of fused-ring (bicyclic) bond motifs is 1. The third-order valence-corrected chi connectivity index (χ3v) is 3.38. The molecule has 0 radical (unpaired) electrons. The summed E-state index contributed by atoms with van der Waals surface area (Å²) in [5.74, 6) is -0.797. The molecule has 1 aromatic carbocycles. The second kappa shape index (κ2) is 6.81. The second-order valence-corrected chi connectivity index (χ2v) is 4.90. The summed E-state index contributed by atoms with van der Waals surface area (Å²) >= 11 is 0. The van der Waals surface area contributed by atoms with Gasteiger partial charge < -0.3 is 17.0 Å². The molecule has 0 aliphatic carbocycles. The maximum absolute atomic E-state index is 12.1. The van der Waals surface area contributed by atoms with Gasteiger partial charge in [0, 0.05) is 12.1 Å². The van der Waals surface area contributed by atoms with E-state index >= 15 is 0 Å². The Balaban J connectivity index is 0.00000176. The van der Waals surface area contributed by atoms with Crippen molar-refractivity contribution in [3.8, 4) is 0 Å². The molecule has 0 N–H and O–H groups in total. The van der Waals surface area contributed by atoms with Crippen molar-refractivity contribution in [1.29, 1.82) is 0 Å². The van der Waals surface area contributed by atoms with E-state index < -0.39 is 11.8 Å². The normalized spacial score (nSPS) is 13.0. The molecule has 2 amide bonds. The van der Waals surface area contributed by atoms with Crippen LogP contribution >= 0.6 is 0 Å². The number of carbonyl (C=O) groups is 2. The lowest BCUT2D eigenvalue weighted by molar-refractivity contribution is -0.699. The molecule has 22 heavy (non-hydrogen) atoms. The van der Waals surface area contributed by atoms with E-state index in [1.54, 1.807) is 24.3 Å². The molecule has 6 heteroatoms. The maximum Gasteiger partial charge on any atom is 0.285 e. The monoisotopic (exact) mass is 362 g/mol. The van der Waals surface area contributed by atoms with Crippen molar-refractivity contribution < 1.29 is 36.0 Å². The lowest BCUT2D eigenvalue weighted by Crippen LogP contribution is -3.00. The number of hydrogen-bond acceptors (Lipinski definition) is 3. The van der Waals surface area contributed by atoms with Crippen molar-refractivity contribution in [2.24, 2.45) is 0 Å². The van der Waals surface area contributed by atoms with Gasteiger partial charge in [-0.3, -0.25) is 14.4 Å². The number of amides is 2. The summed E-state index contributed by atoms with van der Waals surface area (Å²) in [5.41, 5.74) is 1.96. The first-order valence-corrected chi connectivity index (χ1v) is 6.73. The van der Waals surface area contributed by atoms with Gasteiger partial charge in [0.2, 0.25) is 0 Å². The Morgan fingerprint density at radius 1 is 1.00 bits per heavy atom. The van der Waals surface area contributed by atoms with Gasteiger partial charge in [0.1, 0.15) is 6.61 Å². The van der Waals surface area contributed by atoms with E-state index in [2.05, 4.69) is 0 Å². The highest BCUT2D eigenvalue weighted by atomic mass is 79.9. The van der Waals surface area contributed by atoms with Gasteiger partial charge in [-0.25, -0.2) is 4.57 Å². The van der Waals surface area contributed by atoms with Crippen molar-refractivity contribution in [1.82, 2.24) is 5.06 Å². The van der Waals surface area contributed by atoms with Gasteiger partial charge in [0.25, 0.3) is 11.8 Å². The summed E-state index contributed by atoms with van der Waals surface area (Å²) < 4.78 is 1.94. The maximum atomic E-state index is 12.1. The summed E-state index contributed by atoms with van der Waals surface area (Å²) in [6, 6.07) is 10.7. The Morgan fingerprint density at radius 3 is 2.09 bits per heavy atom. The standard InChI is InChI=1S/C16H15N2O3.BrH/c1-12-6-8-17(9-7-12)10-11-21-18-15(19)13-4-2-3-5-14(13)16(18)20;/h2-9H,10-11H2,1H3;1H/q+1;/p-1. The fourth-order valence-electron chi connectivity index (χ4n) is 2.20. The number of rotatable bonds is 4. The lowest BCUT2D eigenvalue weighted by Gasteiger charge is -2.11. The number of hydrogen-bond donors (Lipinski definition) is 0. The SMILES string of the molecule is Cc1cc[n+](CCON2C(=O)c3ccccc3C2=O)cc1.[Br-]. The van der Waals surface area contributed by atoms with E-state index in [1.165, 1.54) is 5.56 Å². The first-order chi connectivity index (χ1) is 10.2. The molecule has 0 spiro atoms. The molecule has 114 valence electrons. The molecular formula is C16H15BrN2O3. The highest BCUT2D eigenvalue weighted by molar-refractivity contribution is 6.20.